The second-order valence-electron chi connectivity index (χ2n) is 6.16. The molecule has 6 nitrogen and oxygen atoms in total. The molecule has 0 radical (unpaired) electrons. The van der Waals surface area contributed by atoms with Crippen LogP contribution >= 0.6 is 0 Å². The zero-order valence-electron chi connectivity index (χ0n) is 14.6. The van der Waals surface area contributed by atoms with Crippen LogP contribution in [-0.4, -0.2) is 48.9 Å². The minimum Gasteiger partial charge on any atom is -0.466 e. The molecule has 1 aromatic rings. The summed E-state index contributed by atoms with van der Waals surface area (Å²) in [5.74, 6) is -0.815. The first-order valence-electron chi connectivity index (χ1n) is 8.21. The predicted molar refractivity (Wildman–Crippen MR) is 90.8 cm³/mol. The maximum absolute atomic E-state index is 13.0. The van der Waals surface area contributed by atoms with E-state index in [0.29, 0.717) is 17.9 Å². The third-order valence-electron chi connectivity index (χ3n) is 4.17. The van der Waals surface area contributed by atoms with Crippen molar-refractivity contribution in [2.24, 2.45) is 5.92 Å². The van der Waals surface area contributed by atoms with E-state index in [2.05, 4.69) is 0 Å². The molecule has 24 heavy (non-hydrogen) atoms. The highest BCUT2D eigenvalue weighted by molar-refractivity contribution is 6.10. The lowest BCUT2D eigenvalue weighted by Crippen LogP contribution is -2.51. The maximum atomic E-state index is 13.0. The van der Waals surface area contributed by atoms with Gasteiger partial charge >= 0.3 is 5.97 Å². The SMILES string of the molecule is CCOC(=O)CCN1C(=O)c2ccccc2N(C)C(=O)[C@H]1C(C)C. The number of anilines is 1. The number of fused-ring (bicyclic) bond motifs is 1. The number of esters is 1. The summed E-state index contributed by atoms with van der Waals surface area (Å²) in [5, 5.41) is 0. The van der Waals surface area contributed by atoms with Crippen LogP contribution in [0.1, 0.15) is 37.6 Å². The number of nitrogens with zero attached hydrogens (tertiary/aromatic N) is 2. The fraction of sp³-hybridized carbons (Fsp3) is 0.500. The summed E-state index contributed by atoms with van der Waals surface area (Å²) in [6, 6.07) is 6.44. The van der Waals surface area contributed by atoms with Gasteiger partial charge in [0.1, 0.15) is 6.04 Å². The molecule has 1 aliphatic heterocycles. The van der Waals surface area contributed by atoms with Gasteiger partial charge < -0.3 is 14.5 Å². The van der Waals surface area contributed by atoms with Crippen molar-refractivity contribution in [3.8, 4) is 0 Å². The van der Waals surface area contributed by atoms with Gasteiger partial charge in [-0.2, -0.15) is 0 Å². The molecule has 1 atom stereocenters. The van der Waals surface area contributed by atoms with Crippen LogP contribution in [0.25, 0.3) is 0 Å². The van der Waals surface area contributed by atoms with Crippen LogP contribution in [-0.2, 0) is 14.3 Å². The fourth-order valence-electron chi connectivity index (χ4n) is 3.01. The normalized spacial score (nSPS) is 17.8. The number of hydrogen-bond acceptors (Lipinski definition) is 4. The van der Waals surface area contributed by atoms with Crippen molar-refractivity contribution < 1.29 is 19.1 Å². The zero-order valence-corrected chi connectivity index (χ0v) is 14.6. The minimum atomic E-state index is -0.607. The molecule has 2 amide bonds. The third kappa shape index (κ3) is 3.42. The molecule has 2 rings (SSSR count). The average Bonchev–Trinajstić information content (AvgIpc) is 2.63. The summed E-state index contributed by atoms with van der Waals surface area (Å²) in [6.07, 6.45) is 0.0714. The number of rotatable bonds is 5. The van der Waals surface area contributed by atoms with Gasteiger partial charge in [-0.05, 0) is 25.0 Å². The zero-order chi connectivity index (χ0) is 17.9. The predicted octanol–water partition coefficient (Wildman–Crippen LogP) is 2.08. The van der Waals surface area contributed by atoms with Crippen LogP contribution in [0.5, 0.6) is 0 Å². The summed E-state index contributed by atoms with van der Waals surface area (Å²) in [7, 11) is 1.68. The van der Waals surface area contributed by atoms with Gasteiger partial charge in [0.2, 0.25) is 5.91 Å². The second kappa shape index (κ2) is 7.47. The van der Waals surface area contributed by atoms with E-state index in [0.717, 1.165) is 0 Å². The second-order valence-corrected chi connectivity index (χ2v) is 6.16. The van der Waals surface area contributed by atoms with E-state index >= 15 is 0 Å². The van der Waals surface area contributed by atoms with Gasteiger partial charge in [-0.15, -0.1) is 0 Å². The van der Waals surface area contributed by atoms with E-state index in [1.165, 1.54) is 9.80 Å². The van der Waals surface area contributed by atoms with Gasteiger partial charge in [0.15, 0.2) is 0 Å². The Morgan fingerprint density at radius 1 is 1.25 bits per heavy atom. The van der Waals surface area contributed by atoms with Gasteiger partial charge in [0, 0.05) is 13.6 Å². The molecule has 0 unspecified atom stereocenters. The van der Waals surface area contributed by atoms with E-state index in [4.69, 9.17) is 4.74 Å². The van der Waals surface area contributed by atoms with Crippen molar-refractivity contribution in [2.45, 2.75) is 33.2 Å². The summed E-state index contributed by atoms with van der Waals surface area (Å²) >= 11 is 0. The number of para-hydroxylation sites is 1. The van der Waals surface area contributed by atoms with Crippen molar-refractivity contribution in [3.63, 3.8) is 0 Å². The summed E-state index contributed by atoms with van der Waals surface area (Å²) in [4.78, 5) is 40.6. The number of ether oxygens (including phenoxy) is 1. The van der Waals surface area contributed by atoms with Crippen LogP contribution in [0.4, 0.5) is 5.69 Å². The van der Waals surface area contributed by atoms with Gasteiger partial charge in [-0.25, -0.2) is 0 Å². The van der Waals surface area contributed by atoms with Crippen LogP contribution in [0.2, 0.25) is 0 Å². The molecule has 1 aromatic carbocycles. The molecule has 0 spiro atoms. The van der Waals surface area contributed by atoms with E-state index < -0.39 is 6.04 Å². The fourth-order valence-corrected chi connectivity index (χ4v) is 3.01. The first-order valence-corrected chi connectivity index (χ1v) is 8.21. The largest absolute Gasteiger partial charge is 0.466 e. The summed E-state index contributed by atoms with van der Waals surface area (Å²) in [6.45, 7) is 5.99. The van der Waals surface area contributed by atoms with Crippen molar-refractivity contribution in [1.82, 2.24) is 4.90 Å². The Morgan fingerprint density at radius 3 is 2.54 bits per heavy atom. The molecule has 0 bridgehead atoms. The molecule has 0 N–H and O–H groups in total. The molecule has 0 fully saturated rings. The Bertz CT molecular complexity index is 642. The molecular weight excluding hydrogens is 308 g/mol. The van der Waals surface area contributed by atoms with Crippen LogP contribution in [0, 0.1) is 5.92 Å². The van der Waals surface area contributed by atoms with Crippen LogP contribution in [0.3, 0.4) is 0 Å². The van der Waals surface area contributed by atoms with Gasteiger partial charge in [-0.3, -0.25) is 14.4 Å². The van der Waals surface area contributed by atoms with E-state index in [1.54, 1.807) is 38.2 Å². The van der Waals surface area contributed by atoms with Gasteiger partial charge in [-0.1, -0.05) is 26.0 Å². The average molecular weight is 332 g/mol. The molecule has 0 aliphatic carbocycles. The molecule has 1 heterocycles. The minimum absolute atomic E-state index is 0.0691. The Kier molecular flexibility index (Phi) is 5.59. The maximum Gasteiger partial charge on any atom is 0.307 e. The number of carbonyl (C=O) groups excluding carboxylic acids is 3. The Balaban J connectivity index is 2.39. The first kappa shape index (κ1) is 18.0. The highest BCUT2D eigenvalue weighted by Gasteiger charge is 2.39. The molecule has 0 saturated carbocycles. The standard InChI is InChI=1S/C18H24N2O4/c1-5-24-15(21)10-11-20-16(12(2)3)18(23)19(4)14-9-7-6-8-13(14)17(20)22/h6-9,12,16H,5,10-11H2,1-4H3/t16-/m1/s1. The third-order valence-corrected chi connectivity index (χ3v) is 4.17. The van der Waals surface area contributed by atoms with E-state index in [1.807, 2.05) is 13.8 Å². The molecule has 1 aliphatic rings. The lowest BCUT2D eigenvalue weighted by atomic mass is 10.0. The number of likely N-dealkylation sites (N-methyl/N-ethyl adjacent to an activating group) is 1. The molecular formula is C18H24N2O4. The van der Waals surface area contributed by atoms with Crippen molar-refractivity contribution in [3.05, 3.63) is 29.8 Å². The number of carbonyl (C=O) groups is 3. The quantitative estimate of drug-likeness (QED) is 0.774. The monoisotopic (exact) mass is 332 g/mol. The van der Waals surface area contributed by atoms with Gasteiger partial charge in [0.25, 0.3) is 5.91 Å². The molecule has 0 saturated heterocycles. The van der Waals surface area contributed by atoms with Crippen molar-refractivity contribution in [1.29, 1.82) is 0 Å². The lowest BCUT2D eigenvalue weighted by Gasteiger charge is -2.32. The summed E-state index contributed by atoms with van der Waals surface area (Å²) in [5.41, 5.74) is 1.07. The Hall–Kier alpha value is -2.37. The number of benzene rings is 1. The molecule has 0 aromatic heterocycles. The highest BCUT2D eigenvalue weighted by Crippen LogP contribution is 2.29. The number of hydrogen-bond donors (Lipinski definition) is 0. The topological polar surface area (TPSA) is 66.9 Å². The smallest absolute Gasteiger partial charge is 0.307 e. The van der Waals surface area contributed by atoms with Crippen molar-refractivity contribution in [2.75, 3.05) is 25.1 Å². The summed E-state index contributed by atoms with van der Waals surface area (Å²) < 4.78 is 4.94. The van der Waals surface area contributed by atoms with E-state index in [9.17, 15) is 14.4 Å². The molecule has 6 heteroatoms. The van der Waals surface area contributed by atoms with Crippen LogP contribution in [0.15, 0.2) is 24.3 Å². The Morgan fingerprint density at radius 2 is 1.92 bits per heavy atom. The van der Waals surface area contributed by atoms with Gasteiger partial charge in [0.05, 0.1) is 24.3 Å². The Labute approximate surface area is 142 Å². The number of amides is 2. The highest BCUT2D eigenvalue weighted by atomic mass is 16.5. The van der Waals surface area contributed by atoms with Crippen LogP contribution < -0.4 is 4.90 Å². The molecule has 130 valence electrons. The lowest BCUT2D eigenvalue weighted by molar-refractivity contribution is -0.143. The van der Waals surface area contributed by atoms with E-state index in [-0.39, 0.29) is 36.7 Å². The van der Waals surface area contributed by atoms with Crippen molar-refractivity contribution >= 4 is 23.5 Å². The first-order chi connectivity index (χ1) is 11.4.